The summed E-state index contributed by atoms with van der Waals surface area (Å²) in [5, 5.41) is 10.9. The van der Waals surface area contributed by atoms with Crippen LogP contribution in [0.5, 0.6) is 0 Å². The van der Waals surface area contributed by atoms with E-state index in [-0.39, 0.29) is 0 Å². The average Bonchev–Trinajstić information content (AvgIpc) is 2.94. The van der Waals surface area contributed by atoms with Crippen molar-refractivity contribution < 1.29 is 13.7 Å². The van der Waals surface area contributed by atoms with Crippen LogP contribution in [0.3, 0.4) is 0 Å². The highest BCUT2D eigenvalue weighted by Gasteiger charge is 2.22. The first-order chi connectivity index (χ1) is 10.5. The van der Waals surface area contributed by atoms with Gasteiger partial charge < -0.3 is 10.1 Å². The van der Waals surface area contributed by atoms with Crippen molar-refractivity contribution in [2.45, 2.75) is 0 Å². The Hall–Kier alpha value is -3.09. The van der Waals surface area contributed by atoms with Gasteiger partial charge in [-0.05, 0) is 53.5 Å². The van der Waals surface area contributed by atoms with E-state index in [1.165, 1.54) is 48.5 Å². The van der Waals surface area contributed by atoms with Crippen LogP contribution in [0.2, 0.25) is 0 Å². The number of benzene rings is 2. The molecule has 3 rings (SSSR count). The van der Waals surface area contributed by atoms with Crippen molar-refractivity contribution in [3.63, 3.8) is 0 Å². The van der Waals surface area contributed by atoms with Crippen LogP contribution in [-0.4, -0.2) is 14.9 Å². The number of halogens is 2. The number of aromatic amines is 1. The second-order valence-corrected chi connectivity index (χ2v) is 4.55. The second-order valence-electron chi connectivity index (χ2n) is 4.55. The highest BCUT2D eigenvalue weighted by atomic mass is 19.1. The molecule has 0 aliphatic rings. The van der Waals surface area contributed by atoms with Gasteiger partial charge in [-0.3, -0.25) is 0 Å². The van der Waals surface area contributed by atoms with Gasteiger partial charge in [0, 0.05) is 11.1 Å². The number of hydrogen-bond acceptors (Lipinski definition) is 3. The highest BCUT2D eigenvalue weighted by Crippen LogP contribution is 2.32. The predicted molar refractivity (Wildman–Crippen MR) is 76.0 cm³/mol. The largest absolute Gasteiger partial charge is 0.433 e. The maximum Gasteiger partial charge on any atom is 0.433 e. The summed E-state index contributed by atoms with van der Waals surface area (Å²) in [5.41, 5.74) is 1.74. The summed E-state index contributed by atoms with van der Waals surface area (Å²) < 4.78 is 26.1. The van der Waals surface area contributed by atoms with Crippen LogP contribution in [0.4, 0.5) is 14.7 Å². The molecule has 3 aromatic rings. The fourth-order valence-corrected chi connectivity index (χ4v) is 2.09. The number of H-pyrrole nitrogens is 1. The van der Waals surface area contributed by atoms with E-state index in [4.69, 9.17) is 0 Å². The van der Waals surface area contributed by atoms with Crippen LogP contribution in [-0.2, 0) is 0 Å². The van der Waals surface area contributed by atoms with E-state index in [2.05, 4.69) is 9.97 Å². The number of rotatable bonds is 3. The van der Waals surface area contributed by atoms with Gasteiger partial charge >= 0.3 is 5.95 Å². The van der Waals surface area contributed by atoms with Gasteiger partial charge in [0.05, 0.1) is 0 Å². The molecule has 0 unspecified atom stereocenters. The van der Waals surface area contributed by atoms with Crippen molar-refractivity contribution >= 4 is 5.95 Å². The lowest BCUT2D eigenvalue weighted by molar-refractivity contribution is -0.393. The minimum Gasteiger partial charge on any atom is -0.390 e. The minimum absolute atomic E-state index is 0.304. The van der Waals surface area contributed by atoms with Crippen molar-refractivity contribution in [1.82, 2.24) is 9.97 Å². The molecule has 0 atom stereocenters. The SMILES string of the molecule is O=[N+]([O-])c1nc(-c2ccc(F)cc2)c(-c2ccc(F)cc2)[nH]1. The summed E-state index contributed by atoms with van der Waals surface area (Å²) in [6.07, 6.45) is 0. The average molecular weight is 301 g/mol. The van der Waals surface area contributed by atoms with Gasteiger partial charge in [-0.1, -0.05) is 4.98 Å². The minimum atomic E-state index is -0.653. The molecule has 0 aliphatic heterocycles. The van der Waals surface area contributed by atoms with Crippen LogP contribution < -0.4 is 0 Å². The molecule has 0 radical (unpaired) electrons. The molecule has 2 aromatic carbocycles. The van der Waals surface area contributed by atoms with E-state index in [0.717, 1.165) is 0 Å². The monoisotopic (exact) mass is 301 g/mol. The van der Waals surface area contributed by atoms with Gasteiger partial charge in [0.25, 0.3) is 0 Å². The second kappa shape index (κ2) is 5.36. The molecule has 0 saturated carbocycles. The van der Waals surface area contributed by atoms with Crippen molar-refractivity contribution in [1.29, 1.82) is 0 Å². The first-order valence-corrected chi connectivity index (χ1v) is 6.31. The Morgan fingerprint density at radius 1 is 0.909 bits per heavy atom. The Morgan fingerprint density at radius 3 is 1.91 bits per heavy atom. The lowest BCUT2D eigenvalue weighted by Crippen LogP contribution is -1.89. The third kappa shape index (κ3) is 2.56. The maximum atomic E-state index is 13.0. The number of nitrogens with zero attached hydrogens (tertiary/aromatic N) is 2. The Morgan fingerprint density at radius 2 is 1.41 bits per heavy atom. The summed E-state index contributed by atoms with van der Waals surface area (Å²) in [7, 11) is 0. The van der Waals surface area contributed by atoms with E-state index in [1.54, 1.807) is 0 Å². The van der Waals surface area contributed by atoms with E-state index in [0.29, 0.717) is 22.5 Å². The zero-order valence-corrected chi connectivity index (χ0v) is 11.1. The number of hydrogen-bond donors (Lipinski definition) is 1. The van der Waals surface area contributed by atoms with Crippen molar-refractivity contribution in [2.75, 3.05) is 0 Å². The Kier molecular flexibility index (Phi) is 3.38. The number of nitrogens with one attached hydrogen (secondary N) is 1. The summed E-state index contributed by atoms with van der Waals surface area (Å²) in [6.45, 7) is 0. The Balaban J connectivity index is 2.17. The molecule has 110 valence electrons. The number of aromatic nitrogens is 2. The van der Waals surface area contributed by atoms with Crippen LogP contribution >= 0.6 is 0 Å². The standard InChI is InChI=1S/C15H9F2N3O2/c16-11-5-1-9(2-6-11)13-14(19-15(18-13)20(21)22)10-3-7-12(17)8-4-10/h1-8H,(H,18,19). The molecular formula is C15H9F2N3O2. The van der Waals surface area contributed by atoms with Crippen molar-refractivity contribution in [3.8, 4) is 22.5 Å². The quantitative estimate of drug-likeness (QED) is 0.588. The molecule has 22 heavy (non-hydrogen) atoms. The third-order valence-corrected chi connectivity index (χ3v) is 3.11. The van der Waals surface area contributed by atoms with Crippen LogP contribution in [0.1, 0.15) is 0 Å². The molecule has 0 fully saturated rings. The molecule has 1 N–H and O–H groups in total. The first-order valence-electron chi connectivity index (χ1n) is 6.31. The van der Waals surface area contributed by atoms with E-state index >= 15 is 0 Å². The van der Waals surface area contributed by atoms with Gasteiger partial charge in [-0.15, -0.1) is 0 Å². The molecule has 0 bridgehead atoms. The summed E-state index contributed by atoms with van der Waals surface area (Å²) in [6, 6.07) is 10.9. The topological polar surface area (TPSA) is 71.8 Å². The van der Waals surface area contributed by atoms with Crippen LogP contribution in [0.15, 0.2) is 48.5 Å². The maximum absolute atomic E-state index is 13.0. The van der Waals surface area contributed by atoms with Crippen LogP contribution in [0.25, 0.3) is 22.5 Å². The van der Waals surface area contributed by atoms with Gasteiger partial charge in [0.2, 0.25) is 0 Å². The van der Waals surface area contributed by atoms with E-state index < -0.39 is 22.5 Å². The summed E-state index contributed by atoms with van der Waals surface area (Å²) >= 11 is 0. The highest BCUT2D eigenvalue weighted by molar-refractivity contribution is 5.79. The van der Waals surface area contributed by atoms with E-state index in [9.17, 15) is 18.9 Å². The predicted octanol–water partition coefficient (Wildman–Crippen LogP) is 3.93. The molecule has 0 aliphatic carbocycles. The smallest absolute Gasteiger partial charge is 0.390 e. The molecule has 0 spiro atoms. The molecule has 5 nitrogen and oxygen atoms in total. The van der Waals surface area contributed by atoms with Gasteiger partial charge in [-0.2, -0.15) is 0 Å². The van der Waals surface area contributed by atoms with Crippen molar-refractivity contribution in [2.24, 2.45) is 0 Å². The zero-order valence-electron chi connectivity index (χ0n) is 11.1. The Labute approximate surface area is 123 Å². The van der Waals surface area contributed by atoms with Gasteiger partial charge in [0.1, 0.15) is 17.3 Å². The summed E-state index contributed by atoms with van der Waals surface area (Å²) in [4.78, 5) is 16.8. The fourth-order valence-electron chi connectivity index (χ4n) is 2.09. The molecule has 1 aromatic heterocycles. The molecular weight excluding hydrogens is 292 g/mol. The van der Waals surface area contributed by atoms with Crippen LogP contribution in [0, 0.1) is 21.7 Å². The summed E-state index contributed by atoms with van der Waals surface area (Å²) in [5.74, 6) is -1.27. The van der Waals surface area contributed by atoms with Gasteiger partial charge in [-0.25, -0.2) is 13.8 Å². The number of imidazole rings is 1. The lowest BCUT2D eigenvalue weighted by atomic mass is 10.1. The Bertz CT molecular complexity index is 764. The molecule has 1 heterocycles. The third-order valence-electron chi connectivity index (χ3n) is 3.11. The fraction of sp³-hybridized carbons (Fsp3) is 0. The lowest BCUT2D eigenvalue weighted by Gasteiger charge is -1.99. The van der Waals surface area contributed by atoms with E-state index in [1.807, 2.05) is 0 Å². The normalized spacial score (nSPS) is 10.6. The zero-order chi connectivity index (χ0) is 15.7. The molecule has 0 amide bonds. The molecule has 0 saturated heterocycles. The number of nitro groups is 1. The molecule has 7 heteroatoms. The van der Waals surface area contributed by atoms with Gasteiger partial charge in [0.15, 0.2) is 5.69 Å². The first kappa shape index (κ1) is 13.9. The van der Waals surface area contributed by atoms with Crippen molar-refractivity contribution in [3.05, 3.63) is 70.3 Å².